The van der Waals surface area contributed by atoms with Crippen LogP contribution in [0.15, 0.2) is 18.2 Å². The number of rotatable bonds is 5. The van der Waals surface area contributed by atoms with Gasteiger partial charge in [0.2, 0.25) is 0 Å². The van der Waals surface area contributed by atoms with Gasteiger partial charge in [0, 0.05) is 13.1 Å². The van der Waals surface area contributed by atoms with Crippen LogP contribution in [0.25, 0.3) is 0 Å². The molecule has 8 heteroatoms. The van der Waals surface area contributed by atoms with E-state index < -0.39 is 24.0 Å². The lowest BCUT2D eigenvalue weighted by Gasteiger charge is -2.29. The molecule has 0 heterocycles. The Hall–Kier alpha value is -1.86. The van der Waals surface area contributed by atoms with E-state index in [1.807, 2.05) is 0 Å². The summed E-state index contributed by atoms with van der Waals surface area (Å²) in [6.07, 6.45) is -5.77. The number of likely N-dealkylation sites (N-methyl/N-ethyl adjacent to an activating group) is 1. The van der Waals surface area contributed by atoms with Crippen molar-refractivity contribution in [3.8, 4) is 5.75 Å². The highest BCUT2D eigenvalue weighted by Gasteiger charge is 2.64. The second-order valence-electron chi connectivity index (χ2n) is 5.35. The quantitative estimate of drug-likeness (QED) is 0.768. The molecule has 0 spiro atoms. The molecular weight excluding hydrogens is 321 g/mol. The van der Waals surface area contributed by atoms with Gasteiger partial charge in [-0.3, -0.25) is 4.79 Å². The van der Waals surface area contributed by atoms with Crippen molar-refractivity contribution in [1.29, 1.82) is 0 Å². The smallest absolute Gasteiger partial charge is 0.463 e. The van der Waals surface area contributed by atoms with Crippen molar-refractivity contribution in [2.45, 2.75) is 38.4 Å². The van der Waals surface area contributed by atoms with Crippen LogP contribution in [-0.2, 0) is 11.2 Å². The topological polar surface area (TPSA) is 29.5 Å². The van der Waals surface area contributed by atoms with Gasteiger partial charge in [-0.15, -0.1) is 0 Å². The summed E-state index contributed by atoms with van der Waals surface area (Å²) in [5.41, 5.74) is 1.50. The van der Waals surface area contributed by atoms with Crippen molar-refractivity contribution in [1.82, 2.24) is 4.90 Å². The maximum Gasteiger partial charge on any atom is 0.463 e. The molecule has 1 aromatic carbocycles. The zero-order valence-corrected chi connectivity index (χ0v) is 13.2. The average Bonchev–Trinajstić information content (AvgIpc) is 2.44. The van der Waals surface area contributed by atoms with E-state index in [-0.39, 0.29) is 6.42 Å². The average molecular weight is 339 g/mol. The van der Waals surface area contributed by atoms with Gasteiger partial charge in [-0.25, -0.2) is 0 Å². The molecular formula is C15H18F5NO2. The highest BCUT2D eigenvalue weighted by atomic mass is 19.4. The predicted octanol–water partition coefficient (Wildman–Crippen LogP) is 3.59. The molecule has 1 unspecified atom stereocenters. The first-order valence-corrected chi connectivity index (χ1v) is 6.77. The second kappa shape index (κ2) is 6.72. The van der Waals surface area contributed by atoms with Crippen molar-refractivity contribution in [2.24, 2.45) is 0 Å². The molecule has 0 saturated carbocycles. The van der Waals surface area contributed by atoms with Crippen LogP contribution in [-0.4, -0.2) is 43.1 Å². The van der Waals surface area contributed by atoms with Crippen LogP contribution < -0.4 is 4.74 Å². The molecule has 0 aliphatic carbocycles. The zero-order valence-electron chi connectivity index (χ0n) is 13.2. The summed E-state index contributed by atoms with van der Waals surface area (Å²) in [5, 5.41) is 0. The third-order valence-electron chi connectivity index (χ3n) is 3.60. The third-order valence-corrected chi connectivity index (χ3v) is 3.60. The summed E-state index contributed by atoms with van der Waals surface area (Å²) in [4.78, 5) is 11.9. The highest BCUT2D eigenvalue weighted by molar-refractivity contribution is 5.84. The maximum absolute atomic E-state index is 13.1. The minimum absolute atomic E-state index is 0.140. The van der Waals surface area contributed by atoms with Crippen molar-refractivity contribution >= 4 is 5.91 Å². The van der Waals surface area contributed by atoms with Crippen LogP contribution in [0.3, 0.4) is 0 Å². The lowest BCUT2D eigenvalue weighted by Crippen LogP contribution is -2.53. The first-order chi connectivity index (χ1) is 10.4. The van der Waals surface area contributed by atoms with Gasteiger partial charge in [0.05, 0.1) is 7.11 Å². The molecule has 1 amide bonds. The summed E-state index contributed by atoms with van der Waals surface area (Å²) >= 11 is 0. The molecule has 1 aromatic rings. The first kappa shape index (κ1) is 19.2. The molecule has 0 N–H and O–H groups in total. The van der Waals surface area contributed by atoms with Crippen molar-refractivity contribution in [2.75, 3.05) is 14.2 Å². The molecule has 0 fully saturated rings. The molecule has 1 rings (SSSR count). The molecule has 0 saturated heterocycles. The number of amides is 1. The van der Waals surface area contributed by atoms with Crippen LogP contribution in [0.5, 0.6) is 5.75 Å². The maximum atomic E-state index is 13.1. The van der Waals surface area contributed by atoms with Crippen LogP contribution in [0, 0.1) is 6.92 Å². The van der Waals surface area contributed by atoms with Crippen LogP contribution in [0.4, 0.5) is 22.0 Å². The van der Waals surface area contributed by atoms with E-state index in [1.54, 1.807) is 25.1 Å². The molecule has 3 nitrogen and oxygen atoms in total. The number of ether oxygens (including phenoxy) is 1. The van der Waals surface area contributed by atoms with Gasteiger partial charge in [-0.05, 0) is 37.5 Å². The fourth-order valence-electron chi connectivity index (χ4n) is 2.09. The minimum atomic E-state index is -5.91. The van der Waals surface area contributed by atoms with Gasteiger partial charge in [0.15, 0.2) is 0 Å². The second-order valence-corrected chi connectivity index (χ2v) is 5.35. The summed E-state index contributed by atoms with van der Waals surface area (Å²) in [5.74, 6) is -7.02. The van der Waals surface area contributed by atoms with Crippen molar-refractivity contribution in [3.05, 3.63) is 29.3 Å². The summed E-state index contributed by atoms with van der Waals surface area (Å²) in [6.45, 7) is 3.18. The fraction of sp³-hybridized carbons (Fsp3) is 0.533. The van der Waals surface area contributed by atoms with Gasteiger partial charge in [0.25, 0.3) is 0 Å². The fourth-order valence-corrected chi connectivity index (χ4v) is 2.09. The monoisotopic (exact) mass is 339 g/mol. The largest absolute Gasteiger partial charge is 0.496 e. The van der Waals surface area contributed by atoms with Gasteiger partial charge in [-0.2, -0.15) is 22.0 Å². The van der Waals surface area contributed by atoms with Gasteiger partial charge < -0.3 is 9.64 Å². The molecule has 23 heavy (non-hydrogen) atoms. The molecule has 0 aliphatic heterocycles. The molecule has 0 aliphatic rings. The highest BCUT2D eigenvalue weighted by Crippen LogP contribution is 2.37. The Morgan fingerprint density at radius 2 is 1.83 bits per heavy atom. The van der Waals surface area contributed by atoms with Gasteiger partial charge in [-0.1, -0.05) is 12.1 Å². The third kappa shape index (κ3) is 4.11. The molecule has 0 radical (unpaired) electrons. The van der Waals surface area contributed by atoms with Crippen LogP contribution in [0.2, 0.25) is 0 Å². The Kier molecular flexibility index (Phi) is 5.60. The number of aryl methyl sites for hydroxylation is 1. The lowest BCUT2D eigenvalue weighted by molar-refractivity contribution is -0.274. The van der Waals surface area contributed by atoms with E-state index in [1.165, 1.54) is 14.0 Å². The molecule has 1 atom stereocenters. The molecule has 130 valence electrons. The van der Waals surface area contributed by atoms with Crippen LogP contribution >= 0.6 is 0 Å². The number of carbonyl (C=O) groups excluding carboxylic acids is 1. The normalized spacial score (nSPS) is 13.6. The summed E-state index contributed by atoms with van der Waals surface area (Å²) < 4.78 is 68.1. The number of hydrogen-bond acceptors (Lipinski definition) is 2. The van der Waals surface area contributed by atoms with E-state index in [0.29, 0.717) is 16.2 Å². The number of hydrogen-bond donors (Lipinski definition) is 0. The van der Waals surface area contributed by atoms with Crippen molar-refractivity contribution < 1.29 is 31.5 Å². The van der Waals surface area contributed by atoms with E-state index in [4.69, 9.17) is 4.74 Å². The Labute approximate surface area is 131 Å². The number of carbonyl (C=O) groups is 1. The summed E-state index contributed by atoms with van der Waals surface area (Å²) in [7, 11) is 2.43. The Morgan fingerprint density at radius 3 is 2.26 bits per heavy atom. The van der Waals surface area contributed by atoms with Gasteiger partial charge >= 0.3 is 18.0 Å². The Bertz CT molecular complexity index is 571. The summed E-state index contributed by atoms with van der Waals surface area (Å²) in [6, 6.07) is 4.24. The standard InChI is InChI=1S/C15H18F5NO2/c1-9-7-11(5-6-12(9)23-4)8-10(2)21(3)13(22)14(16,17)15(18,19)20/h5-7,10H,8H2,1-4H3. The Balaban J connectivity index is 2.87. The van der Waals surface area contributed by atoms with Crippen LogP contribution in [0.1, 0.15) is 18.1 Å². The van der Waals surface area contributed by atoms with E-state index in [9.17, 15) is 26.7 Å². The number of nitrogens with zero attached hydrogens (tertiary/aromatic N) is 1. The number of benzene rings is 1. The number of methoxy groups -OCH3 is 1. The Morgan fingerprint density at radius 1 is 1.26 bits per heavy atom. The molecule has 0 bridgehead atoms. The number of alkyl halides is 5. The van der Waals surface area contributed by atoms with Gasteiger partial charge in [0.1, 0.15) is 5.75 Å². The van der Waals surface area contributed by atoms with E-state index in [2.05, 4.69) is 0 Å². The van der Waals surface area contributed by atoms with E-state index in [0.717, 1.165) is 12.6 Å². The van der Waals surface area contributed by atoms with Crippen molar-refractivity contribution in [3.63, 3.8) is 0 Å². The SMILES string of the molecule is COc1ccc(CC(C)N(C)C(=O)C(F)(F)C(F)(F)F)cc1C. The number of halogens is 5. The minimum Gasteiger partial charge on any atom is -0.496 e. The van der Waals surface area contributed by atoms with E-state index >= 15 is 0 Å². The predicted molar refractivity (Wildman–Crippen MR) is 74.7 cm³/mol. The first-order valence-electron chi connectivity index (χ1n) is 6.77. The lowest BCUT2D eigenvalue weighted by atomic mass is 10.0. The molecule has 0 aromatic heterocycles. The zero-order chi connectivity index (χ0) is 18.0.